The number of nitrogens with zero attached hydrogens (tertiary/aromatic N) is 6. The molecule has 3 aromatic rings. The van der Waals surface area contributed by atoms with Gasteiger partial charge in [0.05, 0.1) is 30.1 Å². The maximum Gasteiger partial charge on any atom is 0.263 e. The van der Waals surface area contributed by atoms with Crippen molar-refractivity contribution in [3.05, 3.63) is 68.9 Å². The first-order valence-corrected chi connectivity index (χ1v) is 10.7. The number of rotatable bonds is 4. The molecule has 1 saturated carbocycles. The minimum Gasteiger partial charge on any atom is -0.293 e. The van der Waals surface area contributed by atoms with Crippen molar-refractivity contribution in [3.8, 4) is 6.07 Å². The fourth-order valence-electron chi connectivity index (χ4n) is 4.37. The zero-order valence-electron chi connectivity index (χ0n) is 17.3. The number of hydrazone groups is 1. The molecule has 3 heterocycles. The van der Waals surface area contributed by atoms with Crippen molar-refractivity contribution in [2.45, 2.75) is 44.7 Å². The first-order valence-electron chi connectivity index (χ1n) is 10.3. The van der Waals surface area contributed by atoms with E-state index in [9.17, 15) is 9.59 Å². The van der Waals surface area contributed by atoms with Gasteiger partial charge in [0.25, 0.3) is 5.56 Å². The van der Waals surface area contributed by atoms with Crippen molar-refractivity contribution in [3.63, 3.8) is 0 Å². The Balaban J connectivity index is 1.32. The number of fused-ring (bicyclic) bond motifs is 1. The summed E-state index contributed by atoms with van der Waals surface area (Å²) in [5.41, 5.74) is 2.71. The number of pyridine rings is 1. The van der Waals surface area contributed by atoms with Gasteiger partial charge in [-0.15, -0.1) is 0 Å². The number of benzene rings is 1. The molecule has 1 aliphatic carbocycles. The van der Waals surface area contributed by atoms with Gasteiger partial charge >= 0.3 is 0 Å². The Morgan fingerprint density at radius 2 is 1.97 bits per heavy atom. The van der Waals surface area contributed by atoms with Crippen LogP contribution in [0.25, 0.3) is 11.0 Å². The van der Waals surface area contributed by atoms with Gasteiger partial charge in [0.15, 0.2) is 5.65 Å². The van der Waals surface area contributed by atoms with Gasteiger partial charge in [-0.05, 0) is 55.0 Å². The van der Waals surface area contributed by atoms with Crippen molar-refractivity contribution in [1.29, 1.82) is 5.26 Å². The van der Waals surface area contributed by atoms with Gasteiger partial charge in [-0.3, -0.25) is 14.2 Å². The third kappa shape index (κ3) is 3.55. The first kappa shape index (κ1) is 20.3. The second-order valence-electron chi connectivity index (χ2n) is 8.27. The molecular weight excluding hydrogens is 428 g/mol. The number of hydrogen-bond acceptors (Lipinski definition) is 6. The maximum absolute atomic E-state index is 13.0. The number of carbonyl (C=O) groups is 1. The average Bonchev–Trinajstić information content (AvgIpc) is 3.09. The SMILES string of the molecule is Cc1cc(C#N)nc2ncn(CC3=NN([C@H]4C[C@H](c5ccc(Cl)cc5)C4)C(=O)C3)c(=O)c12. The molecule has 32 heavy (non-hydrogen) atoms. The predicted molar refractivity (Wildman–Crippen MR) is 119 cm³/mol. The summed E-state index contributed by atoms with van der Waals surface area (Å²) >= 11 is 5.96. The van der Waals surface area contributed by atoms with Crippen molar-refractivity contribution >= 4 is 34.3 Å². The highest BCUT2D eigenvalue weighted by Gasteiger charge is 2.39. The fourth-order valence-corrected chi connectivity index (χ4v) is 4.49. The number of aryl methyl sites for hydroxylation is 1. The summed E-state index contributed by atoms with van der Waals surface area (Å²) in [5.74, 6) is 0.350. The second-order valence-corrected chi connectivity index (χ2v) is 8.70. The number of amides is 1. The van der Waals surface area contributed by atoms with Crippen LogP contribution < -0.4 is 5.56 Å². The smallest absolute Gasteiger partial charge is 0.263 e. The molecule has 0 N–H and O–H groups in total. The van der Waals surface area contributed by atoms with E-state index in [2.05, 4.69) is 15.1 Å². The third-order valence-electron chi connectivity index (χ3n) is 6.12. The summed E-state index contributed by atoms with van der Waals surface area (Å²) in [6, 6.07) is 11.4. The van der Waals surface area contributed by atoms with Crippen LogP contribution >= 0.6 is 11.6 Å². The Hall–Kier alpha value is -3.57. The van der Waals surface area contributed by atoms with Crippen LogP contribution in [0.1, 0.15) is 42.0 Å². The van der Waals surface area contributed by atoms with E-state index in [0.29, 0.717) is 27.6 Å². The van der Waals surface area contributed by atoms with Gasteiger partial charge in [-0.25, -0.2) is 15.0 Å². The lowest BCUT2D eigenvalue weighted by Gasteiger charge is -2.39. The van der Waals surface area contributed by atoms with Crippen molar-refractivity contribution in [2.24, 2.45) is 5.10 Å². The highest BCUT2D eigenvalue weighted by Crippen LogP contribution is 2.41. The van der Waals surface area contributed by atoms with E-state index in [1.165, 1.54) is 16.5 Å². The Morgan fingerprint density at radius 3 is 2.69 bits per heavy atom. The molecule has 0 radical (unpaired) electrons. The van der Waals surface area contributed by atoms with Gasteiger partial charge < -0.3 is 0 Å². The lowest BCUT2D eigenvalue weighted by Crippen LogP contribution is -2.42. The zero-order chi connectivity index (χ0) is 22.4. The molecule has 1 aliphatic heterocycles. The molecule has 1 aromatic carbocycles. The lowest BCUT2D eigenvalue weighted by molar-refractivity contribution is -0.132. The minimum atomic E-state index is -0.260. The Labute approximate surface area is 188 Å². The lowest BCUT2D eigenvalue weighted by atomic mass is 9.75. The molecule has 1 fully saturated rings. The van der Waals surface area contributed by atoms with Crippen LogP contribution in [0.5, 0.6) is 0 Å². The molecule has 160 valence electrons. The standard InChI is InChI=1S/C23H19ClN6O2/c1-13-6-17(10-25)27-22-21(13)23(32)29(12-26-22)11-18-9-20(31)30(28-18)19-7-15(8-19)14-2-4-16(24)5-3-14/h2-6,12,15,19H,7-9,11H2,1H3/t15-,19-. The van der Waals surface area contributed by atoms with Crippen molar-refractivity contribution in [1.82, 2.24) is 19.5 Å². The van der Waals surface area contributed by atoms with Gasteiger partial charge in [0.2, 0.25) is 5.91 Å². The molecule has 0 atom stereocenters. The molecule has 8 nitrogen and oxygen atoms in total. The van der Waals surface area contributed by atoms with Crippen LogP contribution in [-0.4, -0.2) is 37.2 Å². The fraction of sp³-hybridized carbons (Fsp3) is 0.304. The van der Waals surface area contributed by atoms with Gasteiger partial charge in [-0.2, -0.15) is 10.4 Å². The summed E-state index contributed by atoms with van der Waals surface area (Å²) < 4.78 is 1.44. The number of hydrogen-bond donors (Lipinski definition) is 0. The highest BCUT2D eigenvalue weighted by molar-refractivity contribution is 6.30. The van der Waals surface area contributed by atoms with Crippen LogP contribution in [0, 0.1) is 18.3 Å². The number of nitriles is 1. The Bertz CT molecular complexity index is 1370. The summed E-state index contributed by atoms with van der Waals surface area (Å²) in [7, 11) is 0. The second kappa shape index (κ2) is 7.84. The summed E-state index contributed by atoms with van der Waals surface area (Å²) in [4.78, 5) is 33.9. The van der Waals surface area contributed by atoms with Crippen LogP contribution in [-0.2, 0) is 11.3 Å². The number of aromatic nitrogens is 3. The summed E-state index contributed by atoms with van der Waals surface area (Å²) in [6.07, 6.45) is 3.30. The average molecular weight is 447 g/mol. The summed E-state index contributed by atoms with van der Waals surface area (Å²) in [5, 5.41) is 16.3. The van der Waals surface area contributed by atoms with Crippen LogP contribution in [0.4, 0.5) is 0 Å². The molecule has 1 amide bonds. The zero-order valence-corrected chi connectivity index (χ0v) is 18.1. The largest absolute Gasteiger partial charge is 0.293 e. The normalized spacial score (nSPS) is 20.2. The van der Waals surface area contributed by atoms with Gasteiger partial charge in [0.1, 0.15) is 18.1 Å². The molecule has 2 aliphatic rings. The molecule has 0 spiro atoms. The summed E-state index contributed by atoms with van der Waals surface area (Å²) in [6.45, 7) is 1.95. The molecule has 0 unspecified atom stereocenters. The topological polar surface area (TPSA) is 104 Å². The van der Waals surface area contributed by atoms with Gasteiger partial charge in [-0.1, -0.05) is 23.7 Å². The maximum atomic E-state index is 13.0. The Kier molecular flexibility index (Phi) is 4.98. The minimum absolute atomic E-state index is 0.0436. The van der Waals surface area contributed by atoms with E-state index < -0.39 is 0 Å². The van der Waals surface area contributed by atoms with Crippen molar-refractivity contribution < 1.29 is 4.79 Å². The van der Waals surface area contributed by atoms with E-state index in [1.807, 2.05) is 30.3 Å². The highest BCUT2D eigenvalue weighted by atomic mass is 35.5. The molecule has 5 rings (SSSR count). The van der Waals surface area contributed by atoms with Crippen LogP contribution in [0.2, 0.25) is 5.02 Å². The van der Waals surface area contributed by atoms with E-state index in [0.717, 1.165) is 12.8 Å². The van der Waals surface area contributed by atoms with Gasteiger partial charge in [0, 0.05) is 5.02 Å². The van der Waals surface area contributed by atoms with E-state index in [4.69, 9.17) is 16.9 Å². The van der Waals surface area contributed by atoms with E-state index >= 15 is 0 Å². The van der Waals surface area contributed by atoms with Crippen molar-refractivity contribution in [2.75, 3.05) is 0 Å². The van der Waals surface area contributed by atoms with Crippen LogP contribution in [0.3, 0.4) is 0 Å². The number of halogens is 1. The van der Waals surface area contributed by atoms with E-state index in [-0.39, 0.29) is 41.8 Å². The monoisotopic (exact) mass is 446 g/mol. The Morgan fingerprint density at radius 1 is 1.22 bits per heavy atom. The molecule has 0 saturated heterocycles. The molecular formula is C23H19ClN6O2. The molecule has 9 heteroatoms. The van der Waals surface area contributed by atoms with E-state index in [1.54, 1.807) is 18.0 Å². The predicted octanol–water partition coefficient (Wildman–Crippen LogP) is 3.16. The quantitative estimate of drug-likeness (QED) is 0.612. The van der Waals surface area contributed by atoms with Crippen LogP contribution in [0.15, 0.2) is 46.6 Å². The third-order valence-corrected chi connectivity index (χ3v) is 6.37. The number of carbonyl (C=O) groups excluding carboxylic acids is 1. The first-order chi connectivity index (χ1) is 15.4. The molecule has 0 bridgehead atoms. The molecule has 2 aromatic heterocycles.